The second-order valence-electron chi connectivity index (χ2n) is 7.16. The van der Waals surface area contributed by atoms with Gasteiger partial charge in [-0.1, -0.05) is 6.07 Å². The lowest BCUT2D eigenvalue weighted by molar-refractivity contribution is -0.188. The Morgan fingerprint density at radius 3 is 2.80 bits per heavy atom. The van der Waals surface area contributed by atoms with Crippen molar-refractivity contribution in [2.45, 2.75) is 44.9 Å². The van der Waals surface area contributed by atoms with Crippen molar-refractivity contribution >= 4 is 5.91 Å². The van der Waals surface area contributed by atoms with Gasteiger partial charge in [0.2, 0.25) is 5.91 Å². The number of carbonyl (C=O) groups excluding carboxylic acids is 1. The topological polar surface area (TPSA) is 54.9 Å². The Balaban J connectivity index is 1.68. The van der Waals surface area contributed by atoms with Gasteiger partial charge in [-0.2, -0.15) is 0 Å². The van der Waals surface area contributed by atoms with Crippen LogP contribution in [0.3, 0.4) is 0 Å². The Kier molecular flexibility index (Phi) is 5.71. The van der Waals surface area contributed by atoms with Gasteiger partial charge >= 0.3 is 0 Å². The van der Waals surface area contributed by atoms with E-state index in [9.17, 15) is 4.79 Å². The summed E-state index contributed by atoms with van der Waals surface area (Å²) in [5.41, 5.74) is 1.68. The maximum Gasteiger partial charge on any atom is 0.249 e. The highest BCUT2D eigenvalue weighted by Crippen LogP contribution is 2.36. The lowest BCUT2D eigenvalue weighted by Gasteiger charge is -2.51. The van der Waals surface area contributed by atoms with Crippen molar-refractivity contribution in [3.05, 3.63) is 29.6 Å². The maximum atomic E-state index is 12.5. The number of aryl methyl sites for hydroxylation is 1. The van der Waals surface area contributed by atoms with E-state index in [-0.39, 0.29) is 24.2 Å². The highest BCUT2D eigenvalue weighted by atomic mass is 16.5. The fourth-order valence-electron chi connectivity index (χ4n) is 3.93. The van der Waals surface area contributed by atoms with Gasteiger partial charge in [-0.15, -0.1) is 0 Å². The van der Waals surface area contributed by atoms with E-state index in [1.54, 1.807) is 7.11 Å². The first-order valence-electron chi connectivity index (χ1n) is 9.11. The Bertz CT molecular complexity index is 599. The van der Waals surface area contributed by atoms with Crippen LogP contribution in [0.15, 0.2) is 18.2 Å². The molecule has 0 unspecified atom stereocenters. The summed E-state index contributed by atoms with van der Waals surface area (Å²) in [5, 5.41) is 0. The number of aromatic nitrogens is 1. The van der Waals surface area contributed by atoms with Crippen molar-refractivity contribution in [3.63, 3.8) is 0 Å². The van der Waals surface area contributed by atoms with Crippen LogP contribution in [-0.2, 0) is 20.8 Å². The molecule has 0 saturated carbocycles. The summed E-state index contributed by atoms with van der Waals surface area (Å²) in [5.74, 6) is 0.0586. The van der Waals surface area contributed by atoms with E-state index in [0.717, 1.165) is 50.5 Å². The number of methoxy groups -OCH3 is 1. The normalized spacial score (nSPS) is 24.0. The van der Waals surface area contributed by atoms with Gasteiger partial charge in [-0.25, -0.2) is 0 Å². The summed E-state index contributed by atoms with van der Waals surface area (Å²) >= 11 is 0. The third-order valence-electron chi connectivity index (χ3n) is 5.62. The number of morpholine rings is 1. The molecule has 1 amide bonds. The molecule has 2 aliphatic heterocycles. The quantitative estimate of drug-likeness (QED) is 0.810. The molecule has 3 rings (SSSR count). The summed E-state index contributed by atoms with van der Waals surface area (Å²) < 4.78 is 11.3. The maximum absolute atomic E-state index is 12.5. The summed E-state index contributed by atoms with van der Waals surface area (Å²) in [6, 6.07) is 6.02. The number of carbonyl (C=O) groups is 1. The number of hydrogen-bond donors (Lipinski definition) is 0. The van der Waals surface area contributed by atoms with Gasteiger partial charge < -0.3 is 19.3 Å². The number of ether oxygens (including phenoxy) is 2. The summed E-state index contributed by atoms with van der Waals surface area (Å²) in [6.45, 7) is 8.51. The molecule has 138 valence electrons. The van der Waals surface area contributed by atoms with E-state index < -0.39 is 0 Å². The minimum atomic E-state index is -0.235. The van der Waals surface area contributed by atoms with Crippen LogP contribution in [0.2, 0.25) is 0 Å². The van der Waals surface area contributed by atoms with Crippen LogP contribution in [0.5, 0.6) is 0 Å². The minimum absolute atomic E-state index is 0.0561. The molecule has 1 aromatic heterocycles. The number of piperidine rings is 1. The molecule has 3 heterocycles. The number of pyridine rings is 1. The van der Waals surface area contributed by atoms with Crippen LogP contribution in [0.1, 0.15) is 31.2 Å². The van der Waals surface area contributed by atoms with E-state index >= 15 is 0 Å². The van der Waals surface area contributed by atoms with Gasteiger partial charge in [0, 0.05) is 32.4 Å². The first-order valence-corrected chi connectivity index (χ1v) is 9.11. The molecule has 1 spiro atoms. The van der Waals surface area contributed by atoms with E-state index in [2.05, 4.69) is 16.8 Å². The third-order valence-corrected chi connectivity index (χ3v) is 5.62. The van der Waals surface area contributed by atoms with Crippen molar-refractivity contribution in [2.24, 2.45) is 0 Å². The predicted octanol–water partition coefficient (Wildman–Crippen LogP) is 1.62. The molecule has 1 atom stereocenters. The fourth-order valence-corrected chi connectivity index (χ4v) is 3.93. The predicted molar refractivity (Wildman–Crippen MR) is 95.2 cm³/mol. The van der Waals surface area contributed by atoms with Gasteiger partial charge in [0.25, 0.3) is 0 Å². The van der Waals surface area contributed by atoms with Gasteiger partial charge in [-0.3, -0.25) is 9.78 Å². The molecule has 25 heavy (non-hydrogen) atoms. The van der Waals surface area contributed by atoms with Crippen LogP contribution in [-0.4, -0.2) is 72.3 Å². The van der Waals surface area contributed by atoms with Crippen LogP contribution in [0.4, 0.5) is 0 Å². The summed E-state index contributed by atoms with van der Waals surface area (Å²) in [4.78, 5) is 21.4. The molecule has 1 aromatic rings. The smallest absolute Gasteiger partial charge is 0.249 e. The molecule has 0 bridgehead atoms. The van der Waals surface area contributed by atoms with Crippen LogP contribution < -0.4 is 0 Å². The summed E-state index contributed by atoms with van der Waals surface area (Å²) in [6.07, 6.45) is 1.89. The molecule has 0 radical (unpaired) electrons. The van der Waals surface area contributed by atoms with Crippen molar-refractivity contribution < 1.29 is 14.3 Å². The molecule has 0 aliphatic carbocycles. The average molecular weight is 347 g/mol. The molecule has 2 fully saturated rings. The Morgan fingerprint density at radius 2 is 2.12 bits per heavy atom. The largest absolute Gasteiger partial charge is 0.383 e. The van der Waals surface area contributed by atoms with Gasteiger partial charge in [0.15, 0.2) is 0 Å². The second-order valence-corrected chi connectivity index (χ2v) is 7.16. The first-order chi connectivity index (χ1) is 12.0. The molecule has 6 heteroatoms. The number of likely N-dealkylation sites (tertiary alicyclic amines) is 1. The zero-order chi connectivity index (χ0) is 17.9. The third kappa shape index (κ3) is 4.02. The van der Waals surface area contributed by atoms with E-state index in [1.165, 1.54) is 0 Å². The number of nitrogens with zero attached hydrogens (tertiary/aromatic N) is 3. The van der Waals surface area contributed by atoms with Gasteiger partial charge in [0.1, 0.15) is 6.61 Å². The Morgan fingerprint density at radius 1 is 1.36 bits per heavy atom. The molecular formula is C19H29N3O3. The zero-order valence-electron chi connectivity index (χ0n) is 15.5. The average Bonchev–Trinajstić information content (AvgIpc) is 2.62. The number of hydrogen-bond acceptors (Lipinski definition) is 5. The van der Waals surface area contributed by atoms with Gasteiger partial charge in [-0.05, 0) is 38.8 Å². The van der Waals surface area contributed by atoms with Crippen molar-refractivity contribution in [1.82, 2.24) is 14.8 Å². The Hall–Kier alpha value is -1.50. The van der Waals surface area contributed by atoms with Crippen LogP contribution in [0, 0.1) is 6.92 Å². The van der Waals surface area contributed by atoms with Crippen LogP contribution in [0.25, 0.3) is 0 Å². The molecule has 6 nitrogen and oxygen atoms in total. The van der Waals surface area contributed by atoms with Crippen molar-refractivity contribution in [1.29, 1.82) is 0 Å². The molecule has 2 aliphatic rings. The van der Waals surface area contributed by atoms with E-state index in [4.69, 9.17) is 9.47 Å². The van der Waals surface area contributed by atoms with Crippen molar-refractivity contribution in [2.75, 3.05) is 40.0 Å². The Labute approximate surface area is 150 Å². The second kappa shape index (κ2) is 7.81. The molecule has 0 N–H and O–H groups in total. The lowest BCUT2D eigenvalue weighted by atomic mass is 9.82. The monoisotopic (exact) mass is 347 g/mol. The molecule has 2 saturated heterocycles. The fraction of sp³-hybridized carbons (Fsp3) is 0.684. The number of amides is 1. The zero-order valence-corrected chi connectivity index (χ0v) is 15.5. The SMILES string of the molecule is COCCN1CCC2(CC1)OCC(=O)N(Cc1cccc(C)n1)[C@@H]2C. The highest BCUT2D eigenvalue weighted by molar-refractivity contribution is 5.78. The van der Waals surface area contributed by atoms with Gasteiger partial charge in [0.05, 0.1) is 30.5 Å². The van der Waals surface area contributed by atoms with E-state index in [1.807, 2.05) is 30.0 Å². The molecular weight excluding hydrogens is 318 g/mol. The number of rotatable bonds is 5. The van der Waals surface area contributed by atoms with Crippen molar-refractivity contribution in [3.8, 4) is 0 Å². The standard InChI is InChI=1S/C19H29N3O3/c1-15-5-4-6-17(20-15)13-22-16(2)19(25-14-18(22)23)7-9-21(10-8-19)11-12-24-3/h4-6,16H,7-14H2,1-3H3/t16-/m1/s1. The lowest BCUT2D eigenvalue weighted by Crippen LogP contribution is -2.63. The first kappa shape index (κ1) is 18.3. The summed E-state index contributed by atoms with van der Waals surface area (Å²) in [7, 11) is 1.74. The van der Waals surface area contributed by atoms with Crippen LogP contribution >= 0.6 is 0 Å². The van der Waals surface area contributed by atoms with E-state index in [0.29, 0.717) is 6.54 Å². The molecule has 0 aromatic carbocycles. The highest BCUT2D eigenvalue weighted by Gasteiger charge is 2.47. The minimum Gasteiger partial charge on any atom is -0.383 e.